The molecule has 0 aliphatic carbocycles. The van der Waals surface area contributed by atoms with E-state index < -0.39 is 18.2 Å². The average Bonchev–Trinajstić information content (AvgIpc) is 3.02. The molecule has 8 heteroatoms. The summed E-state index contributed by atoms with van der Waals surface area (Å²) in [6.45, 7) is 7.53. The van der Waals surface area contributed by atoms with Gasteiger partial charge in [0.15, 0.2) is 13.2 Å². The lowest BCUT2D eigenvalue weighted by atomic mass is 9.78. The van der Waals surface area contributed by atoms with Crippen LogP contribution in [0.4, 0.5) is 0 Å². The molecule has 0 radical (unpaired) electrons. The highest BCUT2D eigenvalue weighted by Gasteiger charge is 2.39. The van der Waals surface area contributed by atoms with E-state index in [1.807, 2.05) is 60.7 Å². The molecule has 0 atom stereocenters. The Labute approximate surface area is 249 Å². The van der Waals surface area contributed by atoms with E-state index in [1.165, 1.54) is 14.2 Å². The summed E-state index contributed by atoms with van der Waals surface area (Å²) < 4.78 is 33.9. The molecule has 2 aliphatic rings. The minimum absolute atomic E-state index is 0.0123. The Morgan fingerprint density at radius 2 is 1.16 bits per heavy atom. The summed E-state index contributed by atoms with van der Waals surface area (Å²) in [5.74, 6) is 1.85. The van der Waals surface area contributed by atoms with Crippen molar-refractivity contribution in [3.05, 3.63) is 96.1 Å². The van der Waals surface area contributed by atoms with Crippen molar-refractivity contribution in [3.8, 4) is 23.0 Å². The smallest absolute Gasteiger partial charge is 0.343 e. The number of hydrogen-bond donors (Lipinski definition) is 0. The van der Waals surface area contributed by atoms with E-state index in [0.29, 0.717) is 30.8 Å². The molecule has 2 aliphatic heterocycles. The molecule has 2 heterocycles. The summed E-state index contributed by atoms with van der Waals surface area (Å²) in [7, 11) is 2.67. The molecule has 0 N–H and O–H groups in total. The number of allylic oxidation sites excluding steroid dienone is 2. The van der Waals surface area contributed by atoms with Crippen LogP contribution in [0.15, 0.2) is 73.8 Å². The van der Waals surface area contributed by atoms with Crippen molar-refractivity contribution in [1.29, 1.82) is 0 Å². The minimum Gasteiger partial charge on any atom is -0.482 e. The van der Waals surface area contributed by atoms with Gasteiger partial charge >= 0.3 is 11.9 Å². The van der Waals surface area contributed by atoms with Crippen molar-refractivity contribution in [2.45, 2.75) is 31.5 Å². The third-order valence-corrected chi connectivity index (χ3v) is 8.03. The molecule has 0 fully saturated rings. The SMILES string of the molecule is C=CCc1c(OCC(=O)OC)ccc2c3c(ccc12)OC1CC3c2c(ccc3c(CC=C)c(OCC(=O)OC)ccc23)O1. The fraction of sp³-hybridized carbons (Fsp3) is 0.257. The van der Waals surface area contributed by atoms with Crippen LogP contribution >= 0.6 is 0 Å². The largest absolute Gasteiger partial charge is 0.482 e. The van der Waals surface area contributed by atoms with Gasteiger partial charge in [0, 0.05) is 34.6 Å². The van der Waals surface area contributed by atoms with Gasteiger partial charge in [-0.05, 0) is 58.7 Å². The predicted octanol–water partition coefficient (Wildman–Crippen LogP) is 6.19. The van der Waals surface area contributed by atoms with E-state index in [0.717, 1.165) is 55.3 Å². The van der Waals surface area contributed by atoms with Crippen LogP contribution in [0.25, 0.3) is 21.5 Å². The van der Waals surface area contributed by atoms with E-state index in [4.69, 9.17) is 28.4 Å². The van der Waals surface area contributed by atoms with Crippen LogP contribution in [0.2, 0.25) is 0 Å². The van der Waals surface area contributed by atoms with E-state index in [-0.39, 0.29) is 19.1 Å². The maximum absolute atomic E-state index is 11.8. The summed E-state index contributed by atoms with van der Waals surface area (Å²) in [6, 6.07) is 15.9. The molecule has 220 valence electrons. The van der Waals surface area contributed by atoms with Gasteiger partial charge < -0.3 is 28.4 Å². The fourth-order valence-electron chi connectivity index (χ4n) is 6.17. The number of carbonyl (C=O) groups is 2. The maximum Gasteiger partial charge on any atom is 0.343 e. The zero-order chi connectivity index (χ0) is 30.1. The molecule has 2 bridgehead atoms. The molecule has 0 saturated heterocycles. The monoisotopic (exact) mass is 580 g/mol. The quantitative estimate of drug-likeness (QED) is 0.162. The van der Waals surface area contributed by atoms with Crippen molar-refractivity contribution in [1.82, 2.24) is 0 Å². The molecular formula is C35H32O8. The summed E-state index contributed by atoms with van der Waals surface area (Å²) in [5.41, 5.74) is 4.03. The maximum atomic E-state index is 11.8. The van der Waals surface area contributed by atoms with Crippen LogP contribution in [0.1, 0.15) is 34.6 Å². The van der Waals surface area contributed by atoms with Gasteiger partial charge in [-0.25, -0.2) is 9.59 Å². The molecule has 4 aromatic rings. The predicted molar refractivity (Wildman–Crippen MR) is 162 cm³/mol. The number of methoxy groups -OCH3 is 2. The molecule has 0 amide bonds. The summed E-state index contributed by atoms with van der Waals surface area (Å²) in [6.07, 6.45) is 5.00. The molecule has 0 spiro atoms. The minimum atomic E-state index is -0.449. The lowest BCUT2D eigenvalue weighted by Gasteiger charge is -2.39. The number of benzene rings is 4. The molecule has 4 aromatic carbocycles. The molecule has 0 saturated carbocycles. The summed E-state index contributed by atoms with van der Waals surface area (Å²) in [5, 5.41) is 4.08. The number of ether oxygens (including phenoxy) is 6. The Morgan fingerprint density at radius 3 is 1.58 bits per heavy atom. The van der Waals surface area contributed by atoms with Crippen LogP contribution in [0.5, 0.6) is 23.0 Å². The van der Waals surface area contributed by atoms with Crippen molar-refractivity contribution in [2.24, 2.45) is 0 Å². The number of esters is 2. The lowest BCUT2D eigenvalue weighted by molar-refractivity contribution is -0.143. The van der Waals surface area contributed by atoms with Crippen LogP contribution in [0.3, 0.4) is 0 Å². The Hall–Kier alpha value is -4.98. The van der Waals surface area contributed by atoms with Crippen molar-refractivity contribution in [2.75, 3.05) is 27.4 Å². The van der Waals surface area contributed by atoms with Gasteiger partial charge in [0.25, 0.3) is 0 Å². The summed E-state index contributed by atoms with van der Waals surface area (Å²) in [4.78, 5) is 23.6. The molecule has 0 unspecified atom stereocenters. The van der Waals surface area contributed by atoms with Gasteiger partial charge in [-0.1, -0.05) is 36.4 Å². The number of hydrogen-bond acceptors (Lipinski definition) is 8. The van der Waals surface area contributed by atoms with Crippen LogP contribution in [-0.4, -0.2) is 45.7 Å². The van der Waals surface area contributed by atoms with E-state index >= 15 is 0 Å². The molecular weight excluding hydrogens is 548 g/mol. The normalized spacial score (nSPS) is 16.2. The number of rotatable bonds is 10. The van der Waals surface area contributed by atoms with Crippen molar-refractivity contribution >= 4 is 33.5 Å². The molecule has 6 rings (SSSR count). The zero-order valence-corrected chi connectivity index (χ0v) is 24.1. The molecule has 0 aromatic heterocycles. The third kappa shape index (κ3) is 5.03. The first-order valence-corrected chi connectivity index (χ1v) is 14.1. The first-order chi connectivity index (χ1) is 21.0. The van der Waals surface area contributed by atoms with Gasteiger partial charge in [0.2, 0.25) is 6.29 Å². The fourth-order valence-corrected chi connectivity index (χ4v) is 6.17. The van der Waals surface area contributed by atoms with Gasteiger partial charge in [0.05, 0.1) is 14.2 Å². The first kappa shape index (κ1) is 28.2. The number of fused-ring (bicyclic) bond motifs is 10. The van der Waals surface area contributed by atoms with Gasteiger partial charge in [-0.15, -0.1) is 13.2 Å². The highest BCUT2D eigenvalue weighted by molar-refractivity contribution is 5.97. The van der Waals surface area contributed by atoms with Crippen molar-refractivity contribution in [3.63, 3.8) is 0 Å². The van der Waals surface area contributed by atoms with Gasteiger partial charge in [-0.2, -0.15) is 0 Å². The third-order valence-electron chi connectivity index (χ3n) is 8.03. The summed E-state index contributed by atoms with van der Waals surface area (Å²) >= 11 is 0. The Kier molecular flexibility index (Phi) is 7.67. The molecule has 43 heavy (non-hydrogen) atoms. The first-order valence-electron chi connectivity index (χ1n) is 14.1. The second kappa shape index (κ2) is 11.7. The van der Waals surface area contributed by atoms with E-state index in [9.17, 15) is 9.59 Å². The topological polar surface area (TPSA) is 89.5 Å². The Bertz CT molecular complexity index is 1640. The van der Waals surface area contributed by atoms with E-state index in [1.54, 1.807) is 0 Å². The zero-order valence-electron chi connectivity index (χ0n) is 24.1. The van der Waals surface area contributed by atoms with Crippen LogP contribution in [0, 0.1) is 0 Å². The highest BCUT2D eigenvalue weighted by Crippen LogP contribution is 2.53. The molecule has 8 nitrogen and oxygen atoms in total. The Balaban J connectivity index is 1.51. The van der Waals surface area contributed by atoms with Crippen LogP contribution in [-0.2, 0) is 31.9 Å². The standard InChI is InChI=1S/C35H32O8/c1-5-7-22-20-9-15-29-34(24(20)11-13-27(22)40-18-31(36)38-3)26-17-33(42-29)43-30-16-10-21-23(8-6-2)28(41-19-32(37)39-4)14-12-25(21)35(26)30/h5-6,9-16,26,33H,1-2,7-8,17-19H2,3-4H3. The lowest BCUT2D eigenvalue weighted by Crippen LogP contribution is -2.35. The Morgan fingerprint density at radius 1 is 0.721 bits per heavy atom. The van der Waals surface area contributed by atoms with Crippen molar-refractivity contribution < 1.29 is 38.0 Å². The number of carbonyl (C=O) groups excluding carboxylic acids is 2. The second-order valence-corrected chi connectivity index (χ2v) is 10.4. The average molecular weight is 581 g/mol. The second-order valence-electron chi connectivity index (χ2n) is 10.4. The van der Waals surface area contributed by atoms with Gasteiger partial charge in [-0.3, -0.25) is 0 Å². The highest BCUT2D eigenvalue weighted by atomic mass is 16.7. The van der Waals surface area contributed by atoms with Gasteiger partial charge in [0.1, 0.15) is 23.0 Å². The van der Waals surface area contributed by atoms with E-state index in [2.05, 4.69) is 13.2 Å². The van der Waals surface area contributed by atoms with Crippen LogP contribution < -0.4 is 18.9 Å².